The molecule has 0 spiro atoms. The Morgan fingerprint density at radius 1 is 1.03 bits per heavy atom. The fraction of sp³-hybridized carbons (Fsp3) is 0.217. The van der Waals surface area contributed by atoms with Gasteiger partial charge in [-0.25, -0.2) is 9.78 Å². The van der Waals surface area contributed by atoms with Gasteiger partial charge in [0.1, 0.15) is 19.0 Å². The number of aromatic nitrogens is 2. The number of ether oxygens (including phenoxy) is 2. The van der Waals surface area contributed by atoms with Crippen molar-refractivity contribution in [3.63, 3.8) is 0 Å². The smallest absolute Gasteiger partial charge is 0.340 e. The van der Waals surface area contributed by atoms with Gasteiger partial charge >= 0.3 is 5.97 Å². The average molecular weight is 454 g/mol. The highest BCUT2D eigenvalue weighted by Crippen LogP contribution is 2.20. The minimum absolute atomic E-state index is 0.0115. The lowest BCUT2D eigenvalue weighted by Gasteiger charge is -2.12. The number of amides is 1. The second-order valence-electron chi connectivity index (χ2n) is 6.74. The summed E-state index contributed by atoms with van der Waals surface area (Å²) in [7, 11) is 1.85. The van der Waals surface area contributed by atoms with E-state index in [0.717, 1.165) is 5.16 Å². The normalized spacial score (nSPS) is 10.4. The monoisotopic (exact) mass is 453 g/mol. The van der Waals surface area contributed by atoms with Gasteiger partial charge in [-0.15, -0.1) is 0 Å². The van der Waals surface area contributed by atoms with Crippen LogP contribution in [0.5, 0.6) is 5.75 Å². The van der Waals surface area contributed by atoms with Crippen LogP contribution in [0.25, 0.3) is 0 Å². The van der Waals surface area contributed by atoms with Crippen LogP contribution in [0.3, 0.4) is 0 Å². The number of benzene rings is 2. The summed E-state index contributed by atoms with van der Waals surface area (Å²) < 4.78 is 12.7. The summed E-state index contributed by atoms with van der Waals surface area (Å²) >= 11 is 1.30. The topological polar surface area (TPSA) is 99.5 Å². The van der Waals surface area contributed by atoms with Gasteiger partial charge in [-0.3, -0.25) is 9.59 Å². The molecule has 0 aliphatic carbocycles. The van der Waals surface area contributed by atoms with Crippen molar-refractivity contribution in [2.75, 3.05) is 24.3 Å². The number of aryl methyl sites for hydroxylation is 1. The molecule has 0 aliphatic rings. The highest BCUT2D eigenvalue weighted by atomic mass is 32.2. The Hall–Kier alpha value is -3.59. The molecule has 3 rings (SSSR count). The molecule has 1 amide bonds. The number of anilines is 1. The molecule has 0 saturated carbocycles. The van der Waals surface area contributed by atoms with Crippen LogP contribution < -0.4 is 10.1 Å². The first-order chi connectivity index (χ1) is 15.5. The molecule has 1 aromatic heterocycles. The Morgan fingerprint density at radius 2 is 1.75 bits per heavy atom. The summed E-state index contributed by atoms with van der Waals surface area (Å²) in [4.78, 5) is 40.7. The van der Waals surface area contributed by atoms with Gasteiger partial charge in [0.25, 0.3) is 0 Å². The number of carbonyl (C=O) groups excluding carboxylic acids is 3. The molecule has 32 heavy (non-hydrogen) atoms. The molecule has 0 aliphatic heterocycles. The summed E-state index contributed by atoms with van der Waals surface area (Å²) in [6.45, 7) is 1.54. The molecule has 8 nitrogen and oxygen atoms in total. The number of nitrogens with one attached hydrogen (secondary N) is 1. The molecule has 9 heteroatoms. The van der Waals surface area contributed by atoms with Crippen molar-refractivity contribution in [1.29, 1.82) is 0 Å². The van der Waals surface area contributed by atoms with Crippen molar-refractivity contribution in [3.8, 4) is 5.75 Å². The summed E-state index contributed by atoms with van der Waals surface area (Å²) in [5.74, 6) is -0.363. The first-order valence-electron chi connectivity index (χ1n) is 9.84. The quantitative estimate of drug-likeness (QED) is 0.217. The number of nitrogens with zero attached hydrogens (tertiary/aromatic N) is 2. The van der Waals surface area contributed by atoms with E-state index < -0.39 is 5.97 Å². The number of hydrogen-bond donors (Lipinski definition) is 1. The largest absolute Gasteiger partial charge is 0.489 e. The molecule has 166 valence electrons. The Labute approximate surface area is 189 Å². The van der Waals surface area contributed by atoms with Crippen LogP contribution in [0.15, 0.2) is 66.1 Å². The first kappa shape index (κ1) is 23.1. The fourth-order valence-electron chi connectivity index (χ4n) is 2.82. The van der Waals surface area contributed by atoms with E-state index in [1.54, 1.807) is 60.9 Å². The molecule has 0 unspecified atom stereocenters. The molecule has 0 saturated heterocycles. The fourth-order valence-corrected chi connectivity index (χ4v) is 3.56. The Morgan fingerprint density at radius 3 is 2.47 bits per heavy atom. The maximum absolute atomic E-state index is 12.5. The van der Waals surface area contributed by atoms with E-state index in [0.29, 0.717) is 17.0 Å². The number of hydrogen-bond acceptors (Lipinski definition) is 7. The molecule has 2 aromatic carbocycles. The molecular weight excluding hydrogens is 430 g/mol. The molecule has 1 heterocycles. The maximum atomic E-state index is 12.5. The van der Waals surface area contributed by atoms with E-state index in [-0.39, 0.29) is 36.2 Å². The number of thioether (sulfide) groups is 1. The zero-order valence-electron chi connectivity index (χ0n) is 17.7. The highest BCUT2D eigenvalue weighted by Gasteiger charge is 2.15. The molecule has 1 N–H and O–H groups in total. The summed E-state index contributed by atoms with van der Waals surface area (Å²) in [5.41, 5.74) is 1.08. The molecule has 0 bridgehead atoms. The van der Waals surface area contributed by atoms with E-state index in [4.69, 9.17) is 9.47 Å². The van der Waals surface area contributed by atoms with Crippen molar-refractivity contribution < 1.29 is 23.9 Å². The van der Waals surface area contributed by atoms with Gasteiger partial charge in [0.15, 0.2) is 10.9 Å². The van der Waals surface area contributed by atoms with Crippen LogP contribution in [-0.2, 0) is 16.6 Å². The summed E-state index contributed by atoms with van der Waals surface area (Å²) in [5, 5.41) is 3.46. The van der Waals surface area contributed by atoms with E-state index in [1.807, 2.05) is 11.6 Å². The molecular formula is C23H23N3O5S. The Bertz CT molecular complexity index is 1110. The maximum Gasteiger partial charge on any atom is 0.340 e. The van der Waals surface area contributed by atoms with E-state index >= 15 is 0 Å². The molecule has 0 fully saturated rings. The predicted molar refractivity (Wildman–Crippen MR) is 121 cm³/mol. The van der Waals surface area contributed by atoms with Gasteiger partial charge in [-0.05, 0) is 31.2 Å². The second-order valence-corrected chi connectivity index (χ2v) is 7.68. The van der Waals surface area contributed by atoms with Gasteiger partial charge in [0, 0.05) is 19.4 Å². The zero-order valence-corrected chi connectivity index (χ0v) is 18.6. The molecule has 3 aromatic rings. The van der Waals surface area contributed by atoms with E-state index in [1.165, 1.54) is 18.7 Å². The van der Waals surface area contributed by atoms with Crippen LogP contribution in [-0.4, -0.2) is 46.2 Å². The lowest BCUT2D eigenvalue weighted by Crippen LogP contribution is -2.19. The number of rotatable bonds is 10. The van der Waals surface area contributed by atoms with Crippen molar-refractivity contribution >= 4 is 35.1 Å². The lowest BCUT2D eigenvalue weighted by atomic mass is 10.1. The molecule has 0 radical (unpaired) electrons. The highest BCUT2D eigenvalue weighted by molar-refractivity contribution is 7.99. The lowest BCUT2D eigenvalue weighted by molar-refractivity contribution is -0.113. The Balaban J connectivity index is 1.52. The van der Waals surface area contributed by atoms with Crippen molar-refractivity contribution in [2.24, 2.45) is 7.05 Å². The zero-order chi connectivity index (χ0) is 22.9. The van der Waals surface area contributed by atoms with Crippen LogP contribution in [0, 0.1) is 0 Å². The number of carbonyl (C=O) groups is 3. The average Bonchev–Trinajstić information content (AvgIpc) is 3.20. The third-order valence-electron chi connectivity index (χ3n) is 4.37. The van der Waals surface area contributed by atoms with Gasteiger partial charge in [0.2, 0.25) is 5.91 Å². The molecule has 0 atom stereocenters. The number of esters is 1. The van der Waals surface area contributed by atoms with Gasteiger partial charge in [-0.1, -0.05) is 36.0 Å². The predicted octanol–water partition coefficient (Wildman–Crippen LogP) is 3.59. The number of imidazole rings is 1. The third kappa shape index (κ3) is 6.21. The van der Waals surface area contributed by atoms with Gasteiger partial charge in [-0.2, -0.15) is 0 Å². The van der Waals surface area contributed by atoms with Crippen LogP contribution in [0.2, 0.25) is 0 Å². The van der Waals surface area contributed by atoms with Gasteiger partial charge in [0.05, 0.1) is 22.6 Å². The summed E-state index contributed by atoms with van der Waals surface area (Å²) in [6, 6.07) is 13.5. The minimum Gasteiger partial charge on any atom is -0.489 e. The van der Waals surface area contributed by atoms with Gasteiger partial charge < -0.3 is 19.4 Å². The van der Waals surface area contributed by atoms with E-state index in [2.05, 4.69) is 10.3 Å². The Kier molecular flexibility index (Phi) is 8.04. The second kappa shape index (κ2) is 11.1. The SMILES string of the molecule is CC(=O)c1ccccc1OCCOC(=O)c1ccccc1NC(=O)CSc1nccn1C. The van der Waals surface area contributed by atoms with Crippen LogP contribution in [0.1, 0.15) is 27.6 Å². The number of Topliss-reactive ketones (excluding diaryl/α,β-unsaturated/α-hetero) is 1. The van der Waals surface area contributed by atoms with Crippen LogP contribution in [0.4, 0.5) is 5.69 Å². The first-order valence-corrected chi connectivity index (χ1v) is 10.8. The summed E-state index contributed by atoms with van der Waals surface area (Å²) in [6.07, 6.45) is 3.46. The van der Waals surface area contributed by atoms with Crippen LogP contribution >= 0.6 is 11.8 Å². The van der Waals surface area contributed by atoms with Crippen molar-refractivity contribution in [1.82, 2.24) is 9.55 Å². The van der Waals surface area contributed by atoms with E-state index in [9.17, 15) is 14.4 Å². The number of para-hydroxylation sites is 2. The number of ketones is 1. The minimum atomic E-state index is -0.582. The third-order valence-corrected chi connectivity index (χ3v) is 5.43. The standard InChI is InChI=1S/C23H23N3O5S/c1-16(27)17-7-4-6-10-20(17)30-13-14-31-22(29)18-8-3-5-9-19(18)25-21(28)15-32-23-24-11-12-26(23)2/h3-12H,13-15H2,1-2H3,(H,25,28). The van der Waals surface area contributed by atoms with Crippen molar-refractivity contribution in [2.45, 2.75) is 12.1 Å². The van der Waals surface area contributed by atoms with Crippen molar-refractivity contribution in [3.05, 3.63) is 72.1 Å².